The highest BCUT2D eigenvalue weighted by molar-refractivity contribution is 7.98. The smallest absolute Gasteiger partial charge is 0.243 e. The molecule has 1 aliphatic heterocycles. The fraction of sp³-hybridized carbons (Fsp3) is 0.579. The van der Waals surface area contributed by atoms with Gasteiger partial charge in [-0.05, 0) is 31.2 Å². The Bertz CT molecular complexity index is 640. The fourth-order valence-corrected chi connectivity index (χ4v) is 3.49. The van der Waals surface area contributed by atoms with Crippen molar-refractivity contribution in [1.82, 2.24) is 15.5 Å². The van der Waals surface area contributed by atoms with Gasteiger partial charge >= 0.3 is 0 Å². The van der Waals surface area contributed by atoms with Crippen LogP contribution in [0.5, 0.6) is 0 Å². The summed E-state index contributed by atoms with van der Waals surface area (Å²) in [5, 5.41) is 7.61. The van der Waals surface area contributed by atoms with Gasteiger partial charge in [0.1, 0.15) is 6.54 Å². The van der Waals surface area contributed by atoms with Crippen LogP contribution >= 0.6 is 23.4 Å². The number of benzene rings is 1. The Hall–Kier alpha value is -1.60. The number of nitrogens with one attached hydrogen (secondary N) is 2. The second-order valence-corrected chi connectivity index (χ2v) is 8.15. The predicted octanol–water partition coefficient (Wildman–Crippen LogP) is 2.30. The number of carbonyl (C=O) groups excluding carboxylic acids is 1. The molecular weight excluding hydrogens is 382 g/mol. The number of anilines is 1. The number of amides is 1. The van der Waals surface area contributed by atoms with Crippen LogP contribution < -0.4 is 15.5 Å². The standard InChI is InChI=1S/C19H30ClN5OS/c1-24(2)18(26)13-22-19(21-10-12-27-3)23-15-7-6-11-25(14-15)17-9-5-4-8-16(17)20/h4-5,8-9,15H,6-7,10-14H2,1-3H3,(H2,21,22,23). The molecular formula is C19H30ClN5OS. The van der Waals surface area contributed by atoms with Crippen molar-refractivity contribution < 1.29 is 4.79 Å². The Labute approximate surface area is 171 Å². The Morgan fingerprint density at radius 2 is 2.19 bits per heavy atom. The molecule has 0 spiro atoms. The van der Waals surface area contributed by atoms with Crippen molar-refractivity contribution in [2.24, 2.45) is 4.99 Å². The average molecular weight is 412 g/mol. The molecule has 27 heavy (non-hydrogen) atoms. The van der Waals surface area contributed by atoms with E-state index in [2.05, 4.69) is 32.8 Å². The molecule has 0 aromatic heterocycles. The molecule has 1 atom stereocenters. The molecule has 150 valence electrons. The first-order chi connectivity index (χ1) is 13.0. The van der Waals surface area contributed by atoms with Crippen LogP contribution in [0.3, 0.4) is 0 Å². The SMILES string of the molecule is CSCCNC(=NCC(=O)N(C)C)NC1CCCN(c2ccccc2Cl)C1. The van der Waals surface area contributed by atoms with Crippen molar-refractivity contribution in [2.45, 2.75) is 18.9 Å². The predicted molar refractivity (Wildman–Crippen MR) is 117 cm³/mol. The maximum Gasteiger partial charge on any atom is 0.243 e. The zero-order valence-electron chi connectivity index (χ0n) is 16.4. The van der Waals surface area contributed by atoms with Gasteiger partial charge in [0.15, 0.2) is 5.96 Å². The monoisotopic (exact) mass is 411 g/mol. The molecule has 1 fully saturated rings. The minimum atomic E-state index is -0.0118. The summed E-state index contributed by atoms with van der Waals surface area (Å²) < 4.78 is 0. The number of nitrogens with zero attached hydrogens (tertiary/aromatic N) is 3. The second-order valence-electron chi connectivity index (χ2n) is 6.75. The zero-order chi connectivity index (χ0) is 19.6. The molecule has 0 aliphatic carbocycles. The van der Waals surface area contributed by atoms with Crippen molar-refractivity contribution in [3.05, 3.63) is 29.3 Å². The zero-order valence-corrected chi connectivity index (χ0v) is 17.9. The van der Waals surface area contributed by atoms with Crippen LogP contribution in [-0.4, -0.2) is 75.1 Å². The molecule has 1 aromatic carbocycles. The van der Waals surface area contributed by atoms with Crippen LogP contribution in [0.4, 0.5) is 5.69 Å². The lowest BCUT2D eigenvalue weighted by Gasteiger charge is -2.35. The fourth-order valence-electron chi connectivity index (χ4n) is 2.93. The minimum absolute atomic E-state index is 0.0118. The normalized spacial score (nSPS) is 17.6. The molecule has 1 unspecified atom stereocenters. The summed E-state index contributed by atoms with van der Waals surface area (Å²) in [6.45, 7) is 2.80. The molecule has 6 nitrogen and oxygen atoms in total. The number of guanidine groups is 1. The number of halogens is 1. The molecule has 8 heteroatoms. The number of para-hydroxylation sites is 1. The largest absolute Gasteiger partial charge is 0.368 e. The third kappa shape index (κ3) is 7.14. The summed E-state index contributed by atoms with van der Waals surface area (Å²) in [4.78, 5) is 20.2. The quantitative estimate of drug-likeness (QED) is 0.409. The van der Waals surface area contributed by atoms with Crippen molar-refractivity contribution in [2.75, 3.05) is 57.2 Å². The number of carbonyl (C=O) groups is 1. The molecule has 1 amide bonds. The molecule has 0 saturated carbocycles. The maximum absolute atomic E-state index is 11.9. The van der Waals surface area contributed by atoms with E-state index in [-0.39, 0.29) is 18.5 Å². The Kier molecular flexibility index (Phi) is 9.07. The third-order valence-electron chi connectivity index (χ3n) is 4.43. The van der Waals surface area contributed by atoms with E-state index < -0.39 is 0 Å². The Morgan fingerprint density at radius 1 is 1.41 bits per heavy atom. The Balaban J connectivity index is 2.00. The second kappa shape index (κ2) is 11.3. The van der Waals surface area contributed by atoms with Crippen LogP contribution in [0.25, 0.3) is 0 Å². The van der Waals surface area contributed by atoms with Gasteiger partial charge < -0.3 is 20.4 Å². The molecule has 1 saturated heterocycles. The first-order valence-corrected chi connectivity index (χ1v) is 11.0. The number of likely N-dealkylation sites (N-methyl/N-ethyl adjacent to an activating group) is 1. The van der Waals surface area contributed by atoms with Crippen LogP contribution in [-0.2, 0) is 4.79 Å². The topological polar surface area (TPSA) is 60.0 Å². The van der Waals surface area contributed by atoms with E-state index in [0.717, 1.165) is 48.9 Å². The van der Waals surface area contributed by atoms with Gasteiger partial charge in [0, 0.05) is 45.5 Å². The van der Waals surface area contributed by atoms with Gasteiger partial charge in [-0.3, -0.25) is 4.79 Å². The molecule has 0 bridgehead atoms. The van der Waals surface area contributed by atoms with Crippen LogP contribution in [0, 0.1) is 0 Å². The van der Waals surface area contributed by atoms with E-state index in [9.17, 15) is 4.79 Å². The number of piperidine rings is 1. The molecule has 2 N–H and O–H groups in total. The van der Waals surface area contributed by atoms with E-state index in [4.69, 9.17) is 11.6 Å². The van der Waals surface area contributed by atoms with Crippen molar-refractivity contribution in [3.8, 4) is 0 Å². The first kappa shape index (κ1) is 21.7. The average Bonchev–Trinajstić information content (AvgIpc) is 2.66. The number of hydrogen-bond donors (Lipinski definition) is 2. The highest BCUT2D eigenvalue weighted by atomic mass is 35.5. The van der Waals surface area contributed by atoms with E-state index in [1.54, 1.807) is 30.8 Å². The number of thioether (sulfide) groups is 1. The lowest BCUT2D eigenvalue weighted by molar-refractivity contribution is -0.127. The van der Waals surface area contributed by atoms with Gasteiger partial charge in [0.25, 0.3) is 0 Å². The van der Waals surface area contributed by atoms with Crippen molar-refractivity contribution in [1.29, 1.82) is 0 Å². The highest BCUT2D eigenvalue weighted by Gasteiger charge is 2.22. The van der Waals surface area contributed by atoms with E-state index in [1.807, 2.05) is 18.2 Å². The summed E-state index contributed by atoms with van der Waals surface area (Å²) in [6.07, 6.45) is 4.22. The van der Waals surface area contributed by atoms with E-state index in [0.29, 0.717) is 5.96 Å². The van der Waals surface area contributed by atoms with Gasteiger partial charge in [0.2, 0.25) is 5.91 Å². The van der Waals surface area contributed by atoms with E-state index in [1.165, 1.54) is 0 Å². The van der Waals surface area contributed by atoms with Crippen LogP contribution in [0.1, 0.15) is 12.8 Å². The number of hydrogen-bond acceptors (Lipinski definition) is 4. The van der Waals surface area contributed by atoms with Gasteiger partial charge in [-0.25, -0.2) is 4.99 Å². The third-order valence-corrected chi connectivity index (χ3v) is 5.36. The van der Waals surface area contributed by atoms with Crippen molar-refractivity contribution >= 4 is 40.9 Å². The van der Waals surface area contributed by atoms with Gasteiger partial charge in [-0.15, -0.1) is 0 Å². The van der Waals surface area contributed by atoms with Gasteiger partial charge in [0.05, 0.1) is 10.7 Å². The number of rotatable bonds is 7. The van der Waals surface area contributed by atoms with E-state index >= 15 is 0 Å². The Morgan fingerprint density at radius 3 is 2.89 bits per heavy atom. The maximum atomic E-state index is 11.9. The highest BCUT2D eigenvalue weighted by Crippen LogP contribution is 2.27. The molecule has 2 rings (SSSR count). The molecule has 0 radical (unpaired) electrons. The summed E-state index contributed by atoms with van der Waals surface area (Å²) in [5.41, 5.74) is 1.07. The summed E-state index contributed by atoms with van der Waals surface area (Å²) in [7, 11) is 3.49. The molecule has 1 aliphatic rings. The lowest BCUT2D eigenvalue weighted by Crippen LogP contribution is -2.51. The summed E-state index contributed by atoms with van der Waals surface area (Å²) in [5.74, 6) is 1.67. The lowest BCUT2D eigenvalue weighted by atomic mass is 10.0. The van der Waals surface area contributed by atoms with Crippen molar-refractivity contribution in [3.63, 3.8) is 0 Å². The minimum Gasteiger partial charge on any atom is -0.368 e. The number of aliphatic imine (C=N–C) groups is 1. The summed E-state index contributed by atoms with van der Waals surface area (Å²) >= 11 is 8.14. The molecule has 1 aromatic rings. The summed E-state index contributed by atoms with van der Waals surface area (Å²) in [6, 6.07) is 8.21. The van der Waals surface area contributed by atoms with Crippen LogP contribution in [0.2, 0.25) is 5.02 Å². The first-order valence-electron chi connectivity index (χ1n) is 9.24. The van der Waals surface area contributed by atoms with Gasteiger partial charge in [-0.2, -0.15) is 11.8 Å². The molecule has 1 heterocycles. The van der Waals surface area contributed by atoms with Gasteiger partial charge in [-0.1, -0.05) is 23.7 Å². The van der Waals surface area contributed by atoms with Crippen LogP contribution in [0.15, 0.2) is 29.3 Å².